The zero-order valence-corrected chi connectivity index (χ0v) is 33.8. The molecule has 6 rings (SSSR count). The predicted molar refractivity (Wildman–Crippen MR) is 224 cm³/mol. The van der Waals surface area contributed by atoms with Crippen LogP contribution in [0.2, 0.25) is 0 Å². The van der Waals surface area contributed by atoms with E-state index in [9.17, 15) is 4.79 Å². The monoisotopic (exact) mass is 725 g/mol. The molecule has 54 heavy (non-hydrogen) atoms. The van der Waals surface area contributed by atoms with Crippen LogP contribution >= 0.6 is 0 Å². The molecule has 1 aliphatic carbocycles. The first-order chi connectivity index (χ1) is 26.1. The van der Waals surface area contributed by atoms with E-state index < -0.39 is 0 Å². The molecule has 2 heterocycles. The van der Waals surface area contributed by atoms with E-state index in [1.165, 1.54) is 45.1 Å². The highest BCUT2D eigenvalue weighted by Crippen LogP contribution is 2.48. The molecule has 0 atom stereocenters. The summed E-state index contributed by atoms with van der Waals surface area (Å²) in [6.07, 6.45) is 17.3. The minimum absolute atomic E-state index is 0.107. The standard InChI is InChI=1S/C49H61N2O3/c1-8-32-50-43-22-12-10-20-41(43)48(3,4)45(50)30-26-37-17-16-18-38(27-31-46-49(5,6)42-21-11-13-23-44(42)51(46)33-9-2)47(37)54-40-28-24-36(25-29-40)35-39(52)19-14-15-34-53-7/h10-13,20-31H,8-9,14-19,32-35H2,1-7H3/q+1. The third-order valence-electron chi connectivity index (χ3n) is 11.5. The molecule has 3 aliphatic rings. The molecule has 0 aromatic heterocycles. The molecule has 0 fully saturated rings. The molecule has 5 nitrogen and oxygen atoms in total. The molecule has 0 amide bonds. The molecule has 0 spiro atoms. The summed E-state index contributed by atoms with van der Waals surface area (Å²) in [5.41, 5.74) is 11.3. The Kier molecular flexibility index (Phi) is 12.6. The van der Waals surface area contributed by atoms with Crippen molar-refractivity contribution < 1.29 is 18.8 Å². The lowest BCUT2D eigenvalue weighted by atomic mass is 9.81. The minimum Gasteiger partial charge on any atom is -0.457 e. The fourth-order valence-corrected chi connectivity index (χ4v) is 8.60. The molecule has 284 valence electrons. The molecule has 0 saturated carbocycles. The van der Waals surface area contributed by atoms with Crippen LogP contribution in [0.15, 0.2) is 120 Å². The largest absolute Gasteiger partial charge is 0.457 e. The van der Waals surface area contributed by atoms with Crippen molar-refractivity contribution in [2.45, 2.75) is 110 Å². The first-order valence-corrected chi connectivity index (χ1v) is 20.3. The fraction of sp³-hybridized carbons (Fsp3) is 0.429. The first kappa shape index (κ1) is 39.2. The summed E-state index contributed by atoms with van der Waals surface area (Å²) in [6, 6.07) is 25.9. The van der Waals surface area contributed by atoms with Crippen molar-refractivity contribution in [2.24, 2.45) is 0 Å². The van der Waals surface area contributed by atoms with Gasteiger partial charge >= 0.3 is 0 Å². The van der Waals surface area contributed by atoms with Crippen molar-refractivity contribution in [2.75, 3.05) is 31.7 Å². The highest BCUT2D eigenvalue weighted by molar-refractivity contribution is 6.03. The van der Waals surface area contributed by atoms with Crippen LogP contribution in [0.5, 0.6) is 5.75 Å². The van der Waals surface area contributed by atoms with Gasteiger partial charge in [-0.15, -0.1) is 0 Å². The molecule has 0 radical (unpaired) electrons. The number of ether oxygens (including phenoxy) is 2. The Morgan fingerprint density at radius 1 is 0.833 bits per heavy atom. The lowest BCUT2D eigenvalue weighted by Gasteiger charge is -2.27. The van der Waals surface area contributed by atoms with Gasteiger partial charge in [-0.05, 0) is 105 Å². The van der Waals surface area contributed by atoms with Crippen LogP contribution in [0.3, 0.4) is 0 Å². The summed E-state index contributed by atoms with van der Waals surface area (Å²) in [5, 5.41) is 0. The van der Waals surface area contributed by atoms with Crippen LogP contribution in [-0.2, 0) is 26.8 Å². The summed E-state index contributed by atoms with van der Waals surface area (Å²) < 4.78 is 14.6. The second-order valence-corrected chi connectivity index (χ2v) is 16.2. The van der Waals surface area contributed by atoms with Gasteiger partial charge in [-0.1, -0.05) is 82.3 Å². The van der Waals surface area contributed by atoms with E-state index in [-0.39, 0.29) is 16.6 Å². The number of ketones is 1. The fourth-order valence-electron chi connectivity index (χ4n) is 8.60. The van der Waals surface area contributed by atoms with E-state index in [4.69, 9.17) is 9.47 Å². The lowest BCUT2D eigenvalue weighted by Crippen LogP contribution is -2.28. The zero-order chi connectivity index (χ0) is 38.3. The smallest absolute Gasteiger partial charge is 0.209 e. The Labute approximate surface area is 324 Å². The number of hydrogen-bond donors (Lipinski definition) is 0. The molecule has 0 saturated heterocycles. The number of anilines is 1. The highest BCUT2D eigenvalue weighted by atomic mass is 16.5. The maximum Gasteiger partial charge on any atom is 0.209 e. The Morgan fingerprint density at radius 3 is 2.31 bits per heavy atom. The Bertz CT molecular complexity index is 1970. The third-order valence-corrected chi connectivity index (χ3v) is 11.5. The molecule has 3 aromatic rings. The second kappa shape index (κ2) is 17.3. The number of nitrogens with zero attached hydrogens (tertiary/aromatic N) is 2. The van der Waals surface area contributed by atoms with E-state index in [1.807, 2.05) is 24.3 Å². The average Bonchev–Trinajstić information content (AvgIpc) is 3.51. The van der Waals surface area contributed by atoms with Crippen molar-refractivity contribution in [3.05, 3.63) is 136 Å². The Morgan fingerprint density at radius 2 is 1.57 bits per heavy atom. The Balaban J connectivity index is 1.37. The summed E-state index contributed by atoms with van der Waals surface area (Å²) in [6.45, 7) is 16.6. The van der Waals surface area contributed by atoms with Crippen LogP contribution in [0.4, 0.5) is 11.4 Å². The first-order valence-electron chi connectivity index (χ1n) is 20.3. The number of benzene rings is 3. The van der Waals surface area contributed by atoms with Gasteiger partial charge in [0.1, 0.15) is 23.8 Å². The second-order valence-electron chi connectivity index (χ2n) is 16.2. The molecule has 2 aliphatic heterocycles. The molecular formula is C49H61N2O3+. The number of methoxy groups -OCH3 is 1. The normalized spacial score (nSPS) is 19.0. The number of allylic oxidation sites excluding steroid dienone is 7. The van der Waals surface area contributed by atoms with Crippen LogP contribution in [0, 0.1) is 0 Å². The third kappa shape index (κ3) is 8.27. The summed E-state index contributed by atoms with van der Waals surface area (Å²) in [5.74, 6) is 2.01. The zero-order valence-electron chi connectivity index (χ0n) is 33.8. The van der Waals surface area contributed by atoms with Crippen molar-refractivity contribution in [1.82, 2.24) is 0 Å². The quantitative estimate of drug-likeness (QED) is 0.109. The van der Waals surface area contributed by atoms with Crippen molar-refractivity contribution in [1.29, 1.82) is 0 Å². The molecule has 0 unspecified atom stereocenters. The van der Waals surface area contributed by atoms with E-state index in [0.29, 0.717) is 19.4 Å². The molecule has 0 bridgehead atoms. The topological polar surface area (TPSA) is 41.8 Å². The van der Waals surface area contributed by atoms with Gasteiger partial charge < -0.3 is 14.4 Å². The minimum atomic E-state index is -0.107. The average molecular weight is 726 g/mol. The maximum atomic E-state index is 12.7. The van der Waals surface area contributed by atoms with Gasteiger partial charge in [0, 0.05) is 74.0 Å². The van der Waals surface area contributed by atoms with E-state index in [1.54, 1.807) is 7.11 Å². The van der Waals surface area contributed by atoms with Crippen molar-refractivity contribution in [3.8, 4) is 5.75 Å². The van der Waals surface area contributed by atoms with E-state index in [2.05, 4.69) is 124 Å². The molecular weight excluding hydrogens is 665 g/mol. The number of rotatable bonds is 16. The number of carbonyl (C=O) groups excluding carboxylic acids is 1. The number of unbranched alkanes of at least 4 members (excludes halogenated alkanes) is 1. The van der Waals surface area contributed by atoms with Gasteiger partial charge in [-0.2, -0.15) is 4.58 Å². The number of Topliss-reactive ketones (excluding diaryl/α,β-unsaturated/α-hetero) is 1. The summed E-state index contributed by atoms with van der Waals surface area (Å²) in [7, 11) is 1.70. The van der Waals surface area contributed by atoms with Crippen LogP contribution < -0.4 is 9.64 Å². The van der Waals surface area contributed by atoms with Gasteiger partial charge in [-0.25, -0.2) is 0 Å². The van der Waals surface area contributed by atoms with Crippen LogP contribution in [0.25, 0.3) is 0 Å². The lowest BCUT2D eigenvalue weighted by molar-refractivity contribution is -0.437. The number of fused-ring (bicyclic) bond motifs is 2. The van der Waals surface area contributed by atoms with E-state index >= 15 is 0 Å². The summed E-state index contributed by atoms with van der Waals surface area (Å²) >= 11 is 0. The van der Waals surface area contributed by atoms with Gasteiger partial charge in [0.15, 0.2) is 5.71 Å². The van der Waals surface area contributed by atoms with Gasteiger partial charge in [0.25, 0.3) is 0 Å². The van der Waals surface area contributed by atoms with Crippen LogP contribution in [-0.4, -0.2) is 42.9 Å². The Hall–Kier alpha value is -4.48. The number of para-hydroxylation sites is 2. The van der Waals surface area contributed by atoms with E-state index in [0.717, 1.165) is 75.1 Å². The predicted octanol–water partition coefficient (Wildman–Crippen LogP) is 11.5. The SMILES string of the molecule is CCCN1/C(=C\C=C2/CCCC(/C=C/C3=[N+](CCC)c4ccccc4C3(C)C)=C2Oc2ccc(CC(=O)CCCCOC)cc2)C(C)(C)c2ccccc21. The van der Waals surface area contributed by atoms with Gasteiger partial charge in [0.2, 0.25) is 5.69 Å². The van der Waals surface area contributed by atoms with Gasteiger partial charge in [-0.3, -0.25) is 4.79 Å². The van der Waals surface area contributed by atoms with Crippen molar-refractivity contribution in [3.63, 3.8) is 0 Å². The highest BCUT2D eigenvalue weighted by Gasteiger charge is 2.44. The number of hydrogen-bond acceptors (Lipinski definition) is 4. The van der Waals surface area contributed by atoms with Crippen LogP contribution in [0.1, 0.15) is 110 Å². The van der Waals surface area contributed by atoms with Crippen molar-refractivity contribution >= 4 is 22.9 Å². The summed E-state index contributed by atoms with van der Waals surface area (Å²) in [4.78, 5) is 15.2. The maximum absolute atomic E-state index is 12.7. The molecule has 3 aromatic carbocycles. The molecule has 0 N–H and O–H groups in total. The number of carbonyl (C=O) groups is 1. The van der Waals surface area contributed by atoms with Gasteiger partial charge in [0.05, 0.1) is 5.41 Å². The molecule has 5 heteroatoms.